The van der Waals surface area contributed by atoms with Crippen LogP contribution in [-0.2, 0) is 11.3 Å². The Hall–Kier alpha value is -1.14. The van der Waals surface area contributed by atoms with Gasteiger partial charge in [0.15, 0.2) is 0 Å². The summed E-state index contributed by atoms with van der Waals surface area (Å²) in [6.45, 7) is 9.85. The maximum Gasteiger partial charge on any atom is 0.410 e. The molecule has 0 radical (unpaired) electrons. The van der Waals surface area contributed by atoms with Gasteiger partial charge in [0.25, 0.3) is 0 Å². The van der Waals surface area contributed by atoms with Gasteiger partial charge < -0.3 is 9.64 Å². The fourth-order valence-electron chi connectivity index (χ4n) is 2.57. The predicted molar refractivity (Wildman–Crippen MR) is 87.2 cm³/mol. The summed E-state index contributed by atoms with van der Waals surface area (Å²) in [5.74, 6) is 0.731. The molecule has 1 amide bonds. The number of ether oxygens (including phenoxy) is 1. The minimum Gasteiger partial charge on any atom is -0.444 e. The van der Waals surface area contributed by atoms with Crippen molar-refractivity contribution in [2.45, 2.75) is 51.7 Å². The Balaban J connectivity index is 1.45. The summed E-state index contributed by atoms with van der Waals surface area (Å²) in [6, 6.07) is 0. The molecule has 1 aromatic rings. The molecular weight excluding hydrogens is 298 g/mol. The molecule has 0 aromatic carbocycles. The van der Waals surface area contributed by atoms with Gasteiger partial charge in [-0.25, -0.2) is 9.78 Å². The van der Waals surface area contributed by atoms with Gasteiger partial charge in [0.05, 0.1) is 12.2 Å². The highest BCUT2D eigenvalue weighted by atomic mass is 32.1. The van der Waals surface area contributed by atoms with E-state index in [4.69, 9.17) is 9.72 Å². The first-order valence-corrected chi connectivity index (χ1v) is 8.93. The van der Waals surface area contributed by atoms with E-state index in [0.29, 0.717) is 0 Å². The van der Waals surface area contributed by atoms with Crippen LogP contribution in [0.3, 0.4) is 0 Å². The molecule has 22 heavy (non-hydrogen) atoms. The second kappa shape index (κ2) is 6.16. The number of hydrogen-bond donors (Lipinski definition) is 0. The minimum atomic E-state index is -0.422. The van der Waals surface area contributed by atoms with Crippen LogP contribution < -0.4 is 0 Å². The van der Waals surface area contributed by atoms with Gasteiger partial charge in [0.1, 0.15) is 10.6 Å². The zero-order valence-electron chi connectivity index (χ0n) is 13.7. The van der Waals surface area contributed by atoms with E-state index in [9.17, 15) is 4.79 Å². The zero-order chi connectivity index (χ0) is 15.7. The molecule has 1 saturated carbocycles. The third-order valence-corrected chi connectivity index (χ3v) is 4.80. The van der Waals surface area contributed by atoms with Crippen molar-refractivity contribution >= 4 is 17.4 Å². The van der Waals surface area contributed by atoms with Gasteiger partial charge in [-0.05, 0) is 33.6 Å². The Bertz CT molecular complexity index is 526. The van der Waals surface area contributed by atoms with Gasteiger partial charge in [-0.15, -0.1) is 11.3 Å². The summed E-state index contributed by atoms with van der Waals surface area (Å²) >= 11 is 1.77. The van der Waals surface area contributed by atoms with Crippen LogP contribution in [0.15, 0.2) is 5.38 Å². The van der Waals surface area contributed by atoms with Crippen molar-refractivity contribution in [2.24, 2.45) is 0 Å². The van der Waals surface area contributed by atoms with Crippen LogP contribution in [0.1, 0.15) is 50.2 Å². The largest absolute Gasteiger partial charge is 0.444 e. The lowest BCUT2D eigenvalue weighted by molar-refractivity contribution is 0.0139. The molecule has 2 fully saturated rings. The molecule has 2 heterocycles. The number of amides is 1. The van der Waals surface area contributed by atoms with E-state index >= 15 is 0 Å². The van der Waals surface area contributed by atoms with Crippen LogP contribution in [0.25, 0.3) is 0 Å². The van der Waals surface area contributed by atoms with Gasteiger partial charge >= 0.3 is 6.09 Å². The van der Waals surface area contributed by atoms with E-state index in [1.54, 1.807) is 16.2 Å². The first-order valence-electron chi connectivity index (χ1n) is 8.05. The predicted octanol–water partition coefficient (Wildman–Crippen LogP) is 3.07. The Morgan fingerprint density at radius 2 is 2.00 bits per heavy atom. The summed E-state index contributed by atoms with van der Waals surface area (Å²) < 4.78 is 5.43. The number of hydrogen-bond acceptors (Lipinski definition) is 5. The van der Waals surface area contributed by atoms with E-state index in [1.807, 2.05) is 20.8 Å². The van der Waals surface area contributed by atoms with Gasteiger partial charge in [-0.1, -0.05) is 0 Å². The molecule has 0 N–H and O–H groups in total. The second-order valence-electron chi connectivity index (χ2n) is 7.18. The number of carbonyl (C=O) groups excluding carboxylic acids is 1. The van der Waals surface area contributed by atoms with Crippen molar-refractivity contribution in [3.05, 3.63) is 16.1 Å². The summed E-state index contributed by atoms with van der Waals surface area (Å²) in [6.07, 6.45) is 2.41. The third-order valence-electron chi connectivity index (χ3n) is 3.95. The van der Waals surface area contributed by atoms with Crippen molar-refractivity contribution in [1.29, 1.82) is 0 Å². The quantitative estimate of drug-likeness (QED) is 0.857. The van der Waals surface area contributed by atoms with Crippen molar-refractivity contribution in [3.63, 3.8) is 0 Å². The van der Waals surface area contributed by atoms with Crippen LogP contribution in [0.5, 0.6) is 0 Å². The Morgan fingerprint density at radius 3 is 2.59 bits per heavy atom. The van der Waals surface area contributed by atoms with Crippen molar-refractivity contribution < 1.29 is 9.53 Å². The zero-order valence-corrected chi connectivity index (χ0v) is 14.5. The lowest BCUT2D eigenvalue weighted by Crippen LogP contribution is -2.49. The normalized spacial score (nSPS) is 20.2. The third kappa shape index (κ3) is 4.20. The molecule has 1 aromatic heterocycles. The molecule has 1 aliphatic carbocycles. The van der Waals surface area contributed by atoms with Gasteiger partial charge in [-0.3, -0.25) is 4.90 Å². The van der Waals surface area contributed by atoms with Gasteiger partial charge in [-0.2, -0.15) is 0 Å². The number of nitrogens with zero attached hydrogens (tertiary/aromatic N) is 3. The highest BCUT2D eigenvalue weighted by Crippen LogP contribution is 2.40. The molecule has 0 atom stereocenters. The van der Waals surface area contributed by atoms with E-state index in [0.717, 1.165) is 38.6 Å². The average molecular weight is 323 g/mol. The fourth-order valence-corrected chi connectivity index (χ4v) is 3.49. The Kier molecular flexibility index (Phi) is 4.41. The topological polar surface area (TPSA) is 45.7 Å². The minimum absolute atomic E-state index is 0.197. The molecule has 0 unspecified atom stereocenters. The number of aromatic nitrogens is 1. The van der Waals surface area contributed by atoms with E-state index in [-0.39, 0.29) is 6.09 Å². The molecular formula is C16H25N3O2S. The molecule has 1 saturated heterocycles. The lowest BCUT2D eigenvalue weighted by atomic mass is 10.2. The molecule has 122 valence electrons. The molecule has 0 spiro atoms. The maximum atomic E-state index is 12.0. The standard InChI is InChI=1S/C16H25N3O2S/c1-16(2,3)21-15(20)19-8-6-18(7-9-19)10-14-17-13(11-22-14)12-4-5-12/h11-12H,4-10H2,1-3H3. The van der Waals surface area contributed by atoms with Crippen LogP contribution >= 0.6 is 11.3 Å². The molecule has 1 aliphatic heterocycles. The van der Waals surface area contributed by atoms with E-state index in [1.165, 1.54) is 23.5 Å². The van der Waals surface area contributed by atoms with Gasteiger partial charge in [0.2, 0.25) is 0 Å². The number of thiazole rings is 1. The Labute approximate surface area is 136 Å². The number of piperazine rings is 1. The first-order chi connectivity index (χ1) is 10.4. The summed E-state index contributed by atoms with van der Waals surface area (Å²) in [5, 5.41) is 3.41. The number of rotatable bonds is 3. The summed E-state index contributed by atoms with van der Waals surface area (Å²) in [4.78, 5) is 21.0. The SMILES string of the molecule is CC(C)(C)OC(=O)N1CCN(Cc2nc(C3CC3)cs2)CC1. The fraction of sp³-hybridized carbons (Fsp3) is 0.750. The smallest absolute Gasteiger partial charge is 0.410 e. The summed E-state index contributed by atoms with van der Waals surface area (Å²) in [5.41, 5.74) is 0.862. The highest BCUT2D eigenvalue weighted by molar-refractivity contribution is 7.09. The second-order valence-corrected chi connectivity index (χ2v) is 8.13. The van der Waals surface area contributed by atoms with Crippen molar-refractivity contribution in [2.75, 3.05) is 26.2 Å². The van der Waals surface area contributed by atoms with Crippen LogP contribution in [0.2, 0.25) is 0 Å². The monoisotopic (exact) mass is 323 g/mol. The van der Waals surface area contributed by atoms with Crippen molar-refractivity contribution in [3.8, 4) is 0 Å². The molecule has 6 heteroatoms. The highest BCUT2D eigenvalue weighted by Gasteiger charge is 2.28. The Morgan fingerprint density at radius 1 is 1.32 bits per heavy atom. The molecule has 3 rings (SSSR count). The van der Waals surface area contributed by atoms with Crippen LogP contribution in [0.4, 0.5) is 4.79 Å². The number of carbonyl (C=O) groups is 1. The van der Waals surface area contributed by atoms with Gasteiger partial charge in [0, 0.05) is 37.5 Å². The maximum absolute atomic E-state index is 12.0. The average Bonchev–Trinajstić information content (AvgIpc) is 3.19. The van der Waals surface area contributed by atoms with E-state index < -0.39 is 5.60 Å². The molecule has 2 aliphatic rings. The molecule has 5 nitrogen and oxygen atoms in total. The van der Waals surface area contributed by atoms with Crippen LogP contribution in [0, 0.1) is 0 Å². The van der Waals surface area contributed by atoms with Crippen molar-refractivity contribution in [1.82, 2.24) is 14.8 Å². The molecule has 0 bridgehead atoms. The lowest BCUT2D eigenvalue weighted by Gasteiger charge is -2.35. The summed E-state index contributed by atoms with van der Waals surface area (Å²) in [7, 11) is 0. The van der Waals surface area contributed by atoms with E-state index in [2.05, 4.69) is 10.3 Å². The first kappa shape index (κ1) is 15.7. The van der Waals surface area contributed by atoms with Crippen LogP contribution in [-0.4, -0.2) is 52.7 Å².